The van der Waals surface area contributed by atoms with E-state index in [1.54, 1.807) is 0 Å². The number of aromatic nitrogens is 3. The van der Waals surface area contributed by atoms with Crippen molar-refractivity contribution in [3.63, 3.8) is 0 Å². The molecule has 2 aliphatic rings. The number of hydrogen-bond acceptors (Lipinski definition) is 5. The molecule has 1 amide bonds. The maximum atomic E-state index is 13.0. The first-order valence-corrected chi connectivity index (χ1v) is 9.21. The fourth-order valence-corrected chi connectivity index (χ4v) is 3.92. The summed E-state index contributed by atoms with van der Waals surface area (Å²) in [6.45, 7) is 2.01. The molecule has 138 valence electrons. The smallest absolute Gasteiger partial charge is 0.253 e. The number of aliphatic hydroxyl groups excluding tert-OH is 1. The Bertz CT molecular complexity index is 817. The van der Waals surface area contributed by atoms with Crippen molar-refractivity contribution in [1.29, 1.82) is 0 Å². The molecule has 2 aliphatic heterocycles. The zero-order valence-corrected chi connectivity index (χ0v) is 15.0. The number of nitrogens with zero attached hydrogens (tertiary/aromatic N) is 4. The third-order valence-electron chi connectivity index (χ3n) is 5.37. The Morgan fingerprint density at radius 3 is 3.04 bits per heavy atom. The van der Waals surface area contributed by atoms with Crippen molar-refractivity contribution < 1.29 is 14.6 Å². The molecule has 1 aromatic heterocycles. The van der Waals surface area contributed by atoms with Crippen molar-refractivity contribution in [1.82, 2.24) is 19.7 Å². The van der Waals surface area contributed by atoms with Crippen LogP contribution in [0.25, 0.3) is 0 Å². The molecule has 1 aromatic carbocycles. The second-order valence-electron chi connectivity index (χ2n) is 7.06. The maximum Gasteiger partial charge on any atom is 0.253 e. The quantitative estimate of drug-likeness (QED) is 0.904. The van der Waals surface area contributed by atoms with E-state index in [-0.39, 0.29) is 18.4 Å². The van der Waals surface area contributed by atoms with Crippen LogP contribution in [0.5, 0.6) is 5.75 Å². The van der Waals surface area contributed by atoms with Crippen LogP contribution >= 0.6 is 0 Å². The van der Waals surface area contributed by atoms with Crippen LogP contribution in [0.3, 0.4) is 0 Å². The Kier molecular flexibility index (Phi) is 4.63. The minimum atomic E-state index is -0.129. The molecule has 3 heterocycles. The SMILES string of the molecule is Cn1c(CO)nnc1C1CCCN(C(=O)c2ccc3c(c2)CCCO3)C1. The van der Waals surface area contributed by atoms with E-state index in [2.05, 4.69) is 10.2 Å². The second kappa shape index (κ2) is 7.07. The molecule has 1 unspecified atom stereocenters. The van der Waals surface area contributed by atoms with Gasteiger partial charge in [-0.05, 0) is 49.4 Å². The Balaban J connectivity index is 1.52. The van der Waals surface area contributed by atoms with E-state index in [1.807, 2.05) is 34.7 Å². The van der Waals surface area contributed by atoms with Gasteiger partial charge in [0.25, 0.3) is 5.91 Å². The zero-order valence-electron chi connectivity index (χ0n) is 15.0. The number of aliphatic hydroxyl groups is 1. The van der Waals surface area contributed by atoms with Crippen LogP contribution in [0, 0.1) is 0 Å². The molecule has 1 N–H and O–H groups in total. The van der Waals surface area contributed by atoms with Crippen molar-refractivity contribution in [2.24, 2.45) is 7.05 Å². The first-order chi connectivity index (χ1) is 12.7. The maximum absolute atomic E-state index is 13.0. The molecule has 7 nitrogen and oxygen atoms in total. The molecular formula is C19H24N4O3. The minimum Gasteiger partial charge on any atom is -0.493 e. The molecule has 1 atom stereocenters. The highest BCUT2D eigenvalue weighted by Crippen LogP contribution is 2.29. The lowest BCUT2D eigenvalue weighted by molar-refractivity contribution is 0.0703. The van der Waals surface area contributed by atoms with Gasteiger partial charge in [0.2, 0.25) is 0 Å². The van der Waals surface area contributed by atoms with Crippen molar-refractivity contribution in [2.45, 2.75) is 38.2 Å². The summed E-state index contributed by atoms with van der Waals surface area (Å²) in [6, 6.07) is 5.76. The van der Waals surface area contributed by atoms with Gasteiger partial charge in [0.15, 0.2) is 5.82 Å². The normalized spacial score (nSPS) is 19.8. The predicted octanol–water partition coefficient (Wildman–Crippen LogP) is 1.65. The molecule has 7 heteroatoms. The van der Waals surface area contributed by atoms with Crippen LogP contribution in [-0.4, -0.2) is 50.4 Å². The van der Waals surface area contributed by atoms with E-state index in [0.29, 0.717) is 12.4 Å². The molecule has 26 heavy (non-hydrogen) atoms. The number of hydrogen-bond donors (Lipinski definition) is 1. The van der Waals surface area contributed by atoms with Gasteiger partial charge in [-0.15, -0.1) is 10.2 Å². The summed E-state index contributed by atoms with van der Waals surface area (Å²) in [7, 11) is 1.87. The number of rotatable bonds is 3. The zero-order chi connectivity index (χ0) is 18.1. The minimum absolute atomic E-state index is 0.0626. The molecule has 1 saturated heterocycles. The number of carbonyl (C=O) groups is 1. The molecular weight excluding hydrogens is 332 g/mol. The number of benzene rings is 1. The summed E-state index contributed by atoms with van der Waals surface area (Å²) in [5, 5.41) is 17.6. The summed E-state index contributed by atoms with van der Waals surface area (Å²) < 4.78 is 7.48. The van der Waals surface area contributed by atoms with Crippen molar-refractivity contribution >= 4 is 5.91 Å². The third-order valence-corrected chi connectivity index (χ3v) is 5.37. The molecule has 0 radical (unpaired) electrons. The van der Waals surface area contributed by atoms with Crippen LogP contribution in [0.2, 0.25) is 0 Å². The fraction of sp³-hybridized carbons (Fsp3) is 0.526. The van der Waals surface area contributed by atoms with Crippen LogP contribution in [0.4, 0.5) is 0 Å². The van der Waals surface area contributed by atoms with Crippen LogP contribution in [0.1, 0.15) is 52.8 Å². The predicted molar refractivity (Wildman–Crippen MR) is 95.1 cm³/mol. The molecule has 4 rings (SSSR count). The fourth-order valence-electron chi connectivity index (χ4n) is 3.92. The Morgan fingerprint density at radius 1 is 1.35 bits per heavy atom. The lowest BCUT2D eigenvalue weighted by atomic mass is 9.96. The first-order valence-electron chi connectivity index (χ1n) is 9.21. The number of aryl methyl sites for hydroxylation is 1. The van der Waals surface area contributed by atoms with Gasteiger partial charge in [0.05, 0.1) is 6.61 Å². The van der Waals surface area contributed by atoms with Gasteiger partial charge in [0, 0.05) is 31.6 Å². The molecule has 0 bridgehead atoms. The van der Waals surface area contributed by atoms with Crippen LogP contribution in [0.15, 0.2) is 18.2 Å². The lowest BCUT2D eigenvalue weighted by Gasteiger charge is -2.32. The average molecular weight is 356 g/mol. The third kappa shape index (κ3) is 3.07. The number of piperidine rings is 1. The van der Waals surface area contributed by atoms with Gasteiger partial charge in [-0.2, -0.15) is 0 Å². The largest absolute Gasteiger partial charge is 0.493 e. The molecule has 0 aliphatic carbocycles. The van der Waals surface area contributed by atoms with Gasteiger partial charge in [-0.1, -0.05) is 0 Å². The van der Waals surface area contributed by atoms with Gasteiger partial charge in [-0.25, -0.2) is 0 Å². The van der Waals surface area contributed by atoms with Crippen molar-refractivity contribution in [3.8, 4) is 5.75 Å². The average Bonchev–Trinajstić information content (AvgIpc) is 3.07. The molecule has 2 aromatic rings. The van der Waals surface area contributed by atoms with Crippen LogP contribution < -0.4 is 4.74 Å². The molecule has 1 fully saturated rings. The summed E-state index contributed by atoms with van der Waals surface area (Å²) in [5.41, 5.74) is 1.85. The molecule has 0 saturated carbocycles. The summed E-state index contributed by atoms with van der Waals surface area (Å²) in [5.74, 6) is 2.50. The van der Waals surface area contributed by atoms with Gasteiger partial charge < -0.3 is 19.3 Å². The summed E-state index contributed by atoms with van der Waals surface area (Å²) in [4.78, 5) is 14.9. The summed E-state index contributed by atoms with van der Waals surface area (Å²) in [6.07, 6.45) is 3.86. The Hall–Kier alpha value is -2.41. The highest BCUT2D eigenvalue weighted by atomic mass is 16.5. The number of ether oxygens (including phenoxy) is 1. The highest BCUT2D eigenvalue weighted by molar-refractivity contribution is 5.94. The van der Waals surface area contributed by atoms with E-state index in [4.69, 9.17) is 4.74 Å². The summed E-state index contributed by atoms with van der Waals surface area (Å²) >= 11 is 0. The number of likely N-dealkylation sites (tertiary alicyclic amines) is 1. The number of fused-ring (bicyclic) bond motifs is 1. The highest BCUT2D eigenvalue weighted by Gasteiger charge is 2.29. The van der Waals surface area contributed by atoms with Gasteiger partial charge >= 0.3 is 0 Å². The van der Waals surface area contributed by atoms with Gasteiger partial charge in [-0.3, -0.25) is 4.79 Å². The van der Waals surface area contributed by atoms with E-state index < -0.39 is 0 Å². The van der Waals surface area contributed by atoms with E-state index in [1.165, 1.54) is 0 Å². The molecule has 0 spiro atoms. The topological polar surface area (TPSA) is 80.5 Å². The lowest BCUT2D eigenvalue weighted by Crippen LogP contribution is -2.39. The first kappa shape index (κ1) is 17.0. The van der Waals surface area contributed by atoms with E-state index >= 15 is 0 Å². The Labute approximate surface area is 152 Å². The van der Waals surface area contributed by atoms with Crippen molar-refractivity contribution in [2.75, 3.05) is 19.7 Å². The van der Waals surface area contributed by atoms with Gasteiger partial charge in [0.1, 0.15) is 18.2 Å². The Morgan fingerprint density at radius 2 is 2.23 bits per heavy atom. The standard InChI is InChI=1S/C19H24N4O3/c1-22-17(12-24)20-21-18(22)15-4-2-8-23(11-15)19(25)14-6-7-16-13(10-14)5-3-9-26-16/h6-7,10,15,24H,2-5,8-9,11-12H2,1H3. The number of carbonyl (C=O) groups excluding carboxylic acids is 1. The van der Waals surface area contributed by atoms with Crippen LogP contribution in [-0.2, 0) is 20.1 Å². The van der Waals surface area contributed by atoms with Crippen molar-refractivity contribution in [3.05, 3.63) is 41.0 Å². The second-order valence-corrected chi connectivity index (χ2v) is 7.06. The van der Waals surface area contributed by atoms with E-state index in [9.17, 15) is 9.90 Å². The van der Waals surface area contributed by atoms with E-state index in [0.717, 1.165) is 61.5 Å². The number of amides is 1. The monoisotopic (exact) mass is 356 g/mol.